The summed E-state index contributed by atoms with van der Waals surface area (Å²) in [7, 11) is 0. The second-order valence-electron chi connectivity index (χ2n) is 4.56. The molecule has 1 saturated carbocycles. The molecule has 0 amide bonds. The highest BCUT2D eigenvalue weighted by Crippen LogP contribution is 2.44. The van der Waals surface area contributed by atoms with Crippen molar-refractivity contribution in [3.8, 4) is 0 Å². The summed E-state index contributed by atoms with van der Waals surface area (Å²) in [6.45, 7) is 2.47. The molecule has 1 aromatic heterocycles. The van der Waals surface area contributed by atoms with Gasteiger partial charge in [-0.3, -0.25) is 4.90 Å². The predicted molar refractivity (Wildman–Crippen MR) is 51.5 cm³/mol. The van der Waals surface area contributed by atoms with Crippen LogP contribution in [0.4, 0.5) is 0 Å². The number of rotatable bonds is 3. The molecule has 0 aromatic carbocycles. The maximum Gasteiger partial charge on any atom is 0.120 e. The Morgan fingerprint density at radius 1 is 1.57 bits per heavy atom. The number of likely N-dealkylation sites (tertiary alicyclic amines) is 1. The van der Waals surface area contributed by atoms with Gasteiger partial charge in [0.25, 0.3) is 0 Å². The van der Waals surface area contributed by atoms with Gasteiger partial charge in [-0.15, -0.1) is 0 Å². The molecule has 76 valence electrons. The molecule has 0 bridgehead atoms. The molecule has 0 spiro atoms. The van der Waals surface area contributed by atoms with Gasteiger partial charge in [0, 0.05) is 25.5 Å². The second kappa shape index (κ2) is 2.81. The minimum absolute atomic E-state index is 0.368. The standard InChI is InChI=1S/C10H15N3O/c14-10(8-1-2-8)6-13(7-10)5-9-11-3-4-12-9/h3-4,8,14H,1-2,5-7H2,(H,11,12). The van der Waals surface area contributed by atoms with E-state index in [2.05, 4.69) is 14.9 Å². The van der Waals surface area contributed by atoms with Gasteiger partial charge in [-0.2, -0.15) is 0 Å². The fourth-order valence-electron chi connectivity index (χ4n) is 2.32. The first kappa shape index (κ1) is 8.44. The first-order chi connectivity index (χ1) is 6.76. The van der Waals surface area contributed by atoms with Crippen molar-refractivity contribution in [2.75, 3.05) is 13.1 Å². The van der Waals surface area contributed by atoms with Crippen molar-refractivity contribution < 1.29 is 5.11 Å². The third-order valence-electron chi connectivity index (χ3n) is 3.26. The van der Waals surface area contributed by atoms with Crippen LogP contribution in [0.5, 0.6) is 0 Å². The maximum absolute atomic E-state index is 10.1. The van der Waals surface area contributed by atoms with E-state index in [-0.39, 0.29) is 5.60 Å². The van der Waals surface area contributed by atoms with Crippen LogP contribution in [0.3, 0.4) is 0 Å². The molecule has 2 heterocycles. The van der Waals surface area contributed by atoms with Crippen LogP contribution >= 0.6 is 0 Å². The predicted octanol–water partition coefficient (Wildman–Crippen LogP) is 0.366. The number of hydrogen-bond donors (Lipinski definition) is 2. The molecule has 14 heavy (non-hydrogen) atoms. The Labute approximate surface area is 83.0 Å². The number of aliphatic hydroxyl groups is 1. The monoisotopic (exact) mass is 193 g/mol. The summed E-state index contributed by atoms with van der Waals surface area (Å²) in [6, 6.07) is 0. The first-order valence-electron chi connectivity index (χ1n) is 5.19. The van der Waals surface area contributed by atoms with E-state index in [1.807, 2.05) is 6.20 Å². The lowest BCUT2D eigenvalue weighted by Crippen LogP contribution is -2.62. The van der Waals surface area contributed by atoms with Gasteiger partial charge in [0.05, 0.1) is 12.1 Å². The number of β-amino-alcohol motifs (C(OH)–C–C–N with tert-alkyl or cyclic N) is 1. The summed E-state index contributed by atoms with van der Waals surface area (Å²) >= 11 is 0. The number of aromatic amines is 1. The van der Waals surface area contributed by atoms with Crippen molar-refractivity contribution >= 4 is 0 Å². The molecular weight excluding hydrogens is 178 g/mol. The van der Waals surface area contributed by atoms with Gasteiger partial charge in [-0.1, -0.05) is 0 Å². The summed E-state index contributed by atoms with van der Waals surface area (Å²) in [5, 5.41) is 10.1. The van der Waals surface area contributed by atoms with Crippen molar-refractivity contribution in [1.29, 1.82) is 0 Å². The Morgan fingerprint density at radius 2 is 2.36 bits per heavy atom. The summed E-state index contributed by atoms with van der Waals surface area (Å²) < 4.78 is 0. The van der Waals surface area contributed by atoms with Crippen LogP contribution < -0.4 is 0 Å². The Kier molecular flexibility index (Phi) is 1.69. The maximum atomic E-state index is 10.1. The zero-order valence-corrected chi connectivity index (χ0v) is 8.11. The van der Waals surface area contributed by atoms with Crippen LogP contribution in [-0.2, 0) is 6.54 Å². The number of nitrogens with one attached hydrogen (secondary N) is 1. The molecule has 3 rings (SSSR count). The van der Waals surface area contributed by atoms with E-state index in [1.165, 1.54) is 12.8 Å². The number of nitrogens with zero attached hydrogens (tertiary/aromatic N) is 2. The number of aromatic nitrogens is 2. The second-order valence-corrected chi connectivity index (χ2v) is 4.56. The van der Waals surface area contributed by atoms with Crippen LogP contribution in [0.1, 0.15) is 18.7 Å². The Morgan fingerprint density at radius 3 is 2.93 bits per heavy atom. The molecule has 4 nitrogen and oxygen atoms in total. The molecule has 0 radical (unpaired) electrons. The molecule has 2 fully saturated rings. The zero-order valence-electron chi connectivity index (χ0n) is 8.11. The van der Waals surface area contributed by atoms with Crippen LogP contribution in [-0.4, -0.2) is 38.7 Å². The molecular formula is C10H15N3O. The Bertz CT molecular complexity index is 312. The molecule has 0 atom stereocenters. The van der Waals surface area contributed by atoms with Crippen LogP contribution in [0.2, 0.25) is 0 Å². The van der Waals surface area contributed by atoms with E-state index in [0.717, 1.165) is 25.5 Å². The van der Waals surface area contributed by atoms with Gasteiger partial charge in [-0.05, 0) is 18.8 Å². The van der Waals surface area contributed by atoms with Gasteiger partial charge in [0.1, 0.15) is 5.82 Å². The van der Waals surface area contributed by atoms with Crippen molar-refractivity contribution in [3.05, 3.63) is 18.2 Å². The average Bonchev–Trinajstić information content (AvgIpc) is 2.84. The van der Waals surface area contributed by atoms with E-state index >= 15 is 0 Å². The lowest BCUT2D eigenvalue weighted by atomic mass is 9.89. The number of H-pyrrole nitrogens is 1. The molecule has 0 unspecified atom stereocenters. The molecule has 2 N–H and O–H groups in total. The highest BCUT2D eigenvalue weighted by atomic mass is 16.3. The lowest BCUT2D eigenvalue weighted by molar-refractivity contribution is -0.117. The van der Waals surface area contributed by atoms with E-state index < -0.39 is 0 Å². The van der Waals surface area contributed by atoms with Crippen LogP contribution in [0, 0.1) is 5.92 Å². The normalized spacial score (nSPS) is 26.1. The molecule has 1 saturated heterocycles. The summed E-state index contributed by atoms with van der Waals surface area (Å²) in [5.74, 6) is 1.57. The summed E-state index contributed by atoms with van der Waals surface area (Å²) in [5.41, 5.74) is -0.368. The first-order valence-corrected chi connectivity index (χ1v) is 5.19. The smallest absolute Gasteiger partial charge is 0.120 e. The van der Waals surface area contributed by atoms with E-state index in [9.17, 15) is 5.11 Å². The average molecular weight is 193 g/mol. The third-order valence-corrected chi connectivity index (χ3v) is 3.26. The molecule has 1 aliphatic heterocycles. The van der Waals surface area contributed by atoms with Crippen molar-refractivity contribution in [2.45, 2.75) is 25.0 Å². The van der Waals surface area contributed by atoms with Crippen LogP contribution in [0.25, 0.3) is 0 Å². The van der Waals surface area contributed by atoms with Crippen LogP contribution in [0.15, 0.2) is 12.4 Å². The van der Waals surface area contributed by atoms with Gasteiger partial charge in [0.2, 0.25) is 0 Å². The van der Waals surface area contributed by atoms with Gasteiger partial charge < -0.3 is 10.1 Å². The minimum atomic E-state index is -0.368. The van der Waals surface area contributed by atoms with Crippen molar-refractivity contribution in [3.63, 3.8) is 0 Å². The SMILES string of the molecule is OC1(C2CC2)CN(Cc2ncc[nH]2)C1. The Hall–Kier alpha value is -0.870. The van der Waals surface area contributed by atoms with Gasteiger partial charge in [-0.25, -0.2) is 4.98 Å². The van der Waals surface area contributed by atoms with E-state index in [0.29, 0.717) is 5.92 Å². The fraction of sp³-hybridized carbons (Fsp3) is 0.700. The summed E-state index contributed by atoms with van der Waals surface area (Å²) in [4.78, 5) is 9.47. The minimum Gasteiger partial charge on any atom is -0.387 e. The van der Waals surface area contributed by atoms with E-state index in [1.54, 1.807) is 6.20 Å². The van der Waals surface area contributed by atoms with Crippen molar-refractivity contribution in [2.24, 2.45) is 5.92 Å². The topological polar surface area (TPSA) is 52.1 Å². The van der Waals surface area contributed by atoms with Gasteiger partial charge >= 0.3 is 0 Å². The largest absolute Gasteiger partial charge is 0.387 e. The molecule has 4 heteroatoms. The Balaban J connectivity index is 1.54. The number of hydrogen-bond acceptors (Lipinski definition) is 3. The third kappa shape index (κ3) is 1.35. The zero-order chi connectivity index (χ0) is 9.60. The quantitative estimate of drug-likeness (QED) is 0.729. The molecule has 2 aliphatic rings. The fourth-order valence-corrected chi connectivity index (χ4v) is 2.32. The highest BCUT2D eigenvalue weighted by Gasteiger charge is 2.51. The number of imidazole rings is 1. The molecule has 1 aromatic rings. The van der Waals surface area contributed by atoms with E-state index in [4.69, 9.17) is 0 Å². The molecule has 1 aliphatic carbocycles. The lowest BCUT2D eigenvalue weighted by Gasteiger charge is -2.46. The highest BCUT2D eigenvalue weighted by molar-refractivity contribution is 5.06. The summed E-state index contributed by atoms with van der Waals surface area (Å²) in [6.07, 6.45) is 6.03. The van der Waals surface area contributed by atoms with Crippen molar-refractivity contribution in [1.82, 2.24) is 14.9 Å². The van der Waals surface area contributed by atoms with Gasteiger partial charge in [0.15, 0.2) is 0 Å².